The number of hydrogen-bond donors (Lipinski definition) is 0. The van der Waals surface area contributed by atoms with Crippen molar-refractivity contribution in [3.63, 3.8) is 0 Å². The normalized spacial score (nSPS) is 12.0. The van der Waals surface area contributed by atoms with Crippen molar-refractivity contribution in [2.75, 3.05) is 9.80 Å². The summed E-state index contributed by atoms with van der Waals surface area (Å²) in [6.45, 7) is 6.42. The topological polar surface area (TPSA) is 72.5 Å². The molecule has 0 aromatic heterocycles. The summed E-state index contributed by atoms with van der Waals surface area (Å²) in [6, 6.07) is 75.1. The third-order valence-electron chi connectivity index (χ3n) is 12.7. The van der Waals surface area contributed by atoms with Crippen molar-refractivity contribution in [3.05, 3.63) is 223 Å². The zero-order valence-corrected chi connectivity index (χ0v) is 37.3. The van der Waals surface area contributed by atoms with Crippen molar-refractivity contribution in [2.45, 2.75) is 26.2 Å². The van der Waals surface area contributed by atoms with Gasteiger partial charge in [-0.05, 0) is 136 Å². The molecule has 0 aliphatic carbocycles. The molecule has 0 N–H and O–H groups in total. The van der Waals surface area contributed by atoms with Crippen molar-refractivity contribution < 1.29 is 9.47 Å². The van der Waals surface area contributed by atoms with Crippen LogP contribution in [0.2, 0.25) is 0 Å². The Balaban J connectivity index is 1.07. The van der Waals surface area contributed by atoms with Crippen LogP contribution < -0.4 is 35.7 Å². The summed E-state index contributed by atoms with van der Waals surface area (Å²) in [5, 5.41) is 20.7. The highest BCUT2D eigenvalue weighted by molar-refractivity contribution is 6.98. The Kier molecular flexibility index (Phi) is 10.2. The van der Waals surface area contributed by atoms with Gasteiger partial charge in [0.15, 0.2) is 0 Å². The number of benzene rings is 9. The molecule has 2 aliphatic heterocycles. The van der Waals surface area contributed by atoms with E-state index < -0.39 is 0 Å². The van der Waals surface area contributed by atoms with Gasteiger partial charge in [-0.2, -0.15) is 10.5 Å². The van der Waals surface area contributed by atoms with Gasteiger partial charge in [-0.25, -0.2) is 0 Å². The molecule has 0 saturated carbocycles. The Labute approximate surface area is 391 Å². The maximum absolute atomic E-state index is 10.5. The molecule has 318 valence electrons. The van der Waals surface area contributed by atoms with Crippen LogP contribution in [0.4, 0.5) is 34.1 Å². The molecule has 0 atom stereocenters. The number of nitrogens with zero attached hydrogens (tertiary/aromatic N) is 4. The van der Waals surface area contributed by atoms with Crippen LogP contribution in [0.1, 0.15) is 37.5 Å². The van der Waals surface area contributed by atoms with Crippen molar-refractivity contribution in [1.29, 1.82) is 10.5 Å². The van der Waals surface area contributed by atoms with Crippen LogP contribution in [-0.2, 0) is 5.41 Å². The second kappa shape index (κ2) is 16.7. The maximum Gasteiger partial charge on any atom is 0.260 e. The number of hydrogen-bond acceptors (Lipinski definition) is 6. The molecule has 0 saturated heterocycles. The van der Waals surface area contributed by atoms with Crippen molar-refractivity contribution in [3.8, 4) is 57.4 Å². The molecule has 0 unspecified atom stereocenters. The van der Waals surface area contributed by atoms with Gasteiger partial charge in [-0.3, -0.25) is 0 Å². The third kappa shape index (κ3) is 7.34. The molecule has 11 rings (SSSR count). The first-order chi connectivity index (χ1) is 32.8. The highest BCUT2D eigenvalue weighted by Gasteiger charge is 2.40. The lowest BCUT2D eigenvalue weighted by Gasteiger charge is -2.35. The molecule has 0 radical (unpaired) electrons. The molecular weight excluding hydrogens is 819 g/mol. The second-order valence-electron chi connectivity index (χ2n) is 17.9. The summed E-state index contributed by atoms with van der Waals surface area (Å²) < 4.78 is 13.7. The summed E-state index contributed by atoms with van der Waals surface area (Å²) in [4.78, 5) is 4.54. The Hall–Kier alpha value is -8.78. The zero-order valence-electron chi connectivity index (χ0n) is 37.3. The summed E-state index contributed by atoms with van der Waals surface area (Å²) in [5.41, 5.74) is 14.6. The number of fused-ring (bicyclic) bond motifs is 4. The van der Waals surface area contributed by atoms with E-state index in [1.54, 1.807) is 0 Å². The fraction of sp³-hybridized carbons (Fsp3) is 0.0667. The molecule has 7 heteroatoms. The monoisotopic (exact) mass is 862 g/mol. The first-order valence-corrected chi connectivity index (χ1v) is 22.5. The van der Waals surface area contributed by atoms with Crippen LogP contribution >= 0.6 is 0 Å². The smallest absolute Gasteiger partial charge is 0.260 e. The Bertz CT molecular complexity index is 3350. The molecule has 0 bridgehead atoms. The van der Waals surface area contributed by atoms with Gasteiger partial charge in [0.2, 0.25) is 0 Å². The highest BCUT2D eigenvalue weighted by atomic mass is 16.5. The van der Waals surface area contributed by atoms with Crippen molar-refractivity contribution >= 4 is 57.2 Å². The van der Waals surface area contributed by atoms with Crippen molar-refractivity contribution in [2.24, 2.45) is 0 Å². The minimum absolute atomic E-state index is 0.183. The number of ether oxygens (including phenoxy) is 2. The van der Waals surface area contributed by atoms with E-state index in [-0.39, 0.29) is 12.1 Å². The molecular formula is C60H43BN4O2. The van der Waals surface area contributed by atoms with E-state index in [0.717, 1.165) is 101 Å². The van der Waals surface area contributed by atoms with E-state index in [1.807, 2.05) is 97.1 Å². The largest absolute Gasteiger partial charge is 0.458 e. The number of rotatable bonds is 8. The summed E-state index contributed by atoms with van der Waals surface area (Å²) in [6.07, 6.45) is 0. The summed E-state index contributed by atoms with van der Waals surface area (Å²) >= 11 is 0. The zero-order chi connectivity index (χ0) is 45.6. The van der Waals surface area contributed by atoms with E-state index in [9.17, 15) is 10.5 Å². The van der Waals surface area contributed by atoms with Gasteiger partial charge in [0, 0.05) is 39.3 Å². The highest BCUT2D eigenvalue weighted by Crippen LogP contribution is 2.48. The average Bonchev–Trinajstić information content (AvgIpc) is 3.37. The van der Waals surface area contributed by atoms with E-state index in [0.29, 0.717) is 11.1 Å². The van der Waals surface area contributed by atoms with E-state index in [2.05, 4.69) is 152 Å². The maximum atomic E-state index is 10.5. The molecule has 2 heterocycles. The van der Waals surface area contributed by atoms with Crippen molar-refractivity contribution in [1.82, 2.24) is 0 Å². The van der Waals surface area contributed by atoms with Gasteiger partial charge in [-0.1, -0.05) is 124 Å². The third-order valence-corrected chi connectivity index (χ3v) is 12.7. The quantitative estimate of drug-likeness (QED) is 0.142. The lowest BCUT2D eigenvalue weighted by Crippen LogP contribution is -2.57. The Morgan fingerprint density at radius 1 is 0.433 bits per heavy atom. The predicted molar refractivity (Wildman–Crippen MR) is 272 cm³/mol. The molecule has 2 aliphatic rings. The minimum Gasteiger partial charge on any atom is -0.458 e. The first-order valence-electron chi connectivity index (χ1n) is 22.5. The molecule has 67 heavy (non-hydrogen) atoms. The van der Waals surface area contributed by atoms with Crippen LogP contribution in [0.15, 0.2) is 206 Å². The SMILES string of the molecule is CC(C)(C)c1cc(C#N)cc(-c2ccc3c(c2)Oc2cccc4c2B3c2ccc(-c3cc(C#N)ccc3N(c3ccccc3)c3ccccc3)cc2O4)c1N(c1ccccc1)c1ccccc1. The van der Waals surface area contributed by atoms with E-state index in [4.69, 9.17) is 9.47 Å². The van der Waals surface area contributed by atoms with Gasteiger partial charge in [0.05, 0.1) is 34.6 Å². The fourth-order valence-corrected chi connectivity index (χ4v) is 9.67. The van der Waals surface area contributed by atoms with Gasteiger partial charge in [0.1, 0.15) is 23.0 Å². The van der Waals surface area contributed by atoms with Crippen LogP contribution in [-0.4, -0.2) is 6.71 Å². The van der Waals surface area contributed by atoms with Gasteiger partial charge < -0.3 is 19.3 Å². The van der Waals surface area contributed by atoms with Crippen LogP contribution in [0.25, 0.3) is 22.3 Å². The number of anilines is 6. The molecule has 0 fully saturated rings. The summed E-state index contributed by atoms with van der Waals surface area (Å²) in [5.74, 6) is 2.96. The minimum atomic E-state index is -0.318. The lowest BCUT2D eigenvalue weighted by molar-refractivity contribution is 0.464. The molecule has 6 nitrogen and oxygen atoms in total. The fourth-order valence-electron chi connectivity index (χ4n) is 9.67. The molecule has 0 amide bonds. The van der Waals surface area contributed by atoms with Crippen LogP contribution in [0, 0.1) is 22.7 Å². The van der Waals surface area contributed by atoms with Crippen LogP contribution in [0.3, 0.4) is 0 Å². The van der Waals surface area contributed by atoms with Gasteiger partial charge in [0.25, 0.3) is 6.71 Å². The average molecular weight is 863 g/mol. The van der Waals surface area contributed by atoms with Gasteiger partial charge >= 0.3 is 0 Å². The predicted octanol–water partition coefficient (Wildman–Crippen LogP) is 13.7. The molecule has 9 aromatic rings. The Morgan fingerprint density at radius 2 is 0.896 bits per heavy atom. The molecule has 9 aromatic carbocycles. The molecule has 0 spiro atoms. The van der Waals surface area contributed by atoms with Crippen LogP contribution in [0.5, 0.6) is 23.0 Å². The second-order valence-corrected chi connectivity index (χ2v) is 17.9. The lowest BCUT2D eigenvalue weighted by atomic mass is 9.35. The first kappa shape index (κ1) is 41.0. The van der Waals surface area contributed by atoms with E-state index in [1.165, 1.54) is 0 Å². The number of nitriles is 2. The van der Waals surface area contributed by atoms with Gasteiger partial charge in [-0.15, -0.1) is 0 Å². The Morgan fingerprint density at radius 3 is 1.37 bits per heavy atom. The summed E-state index contributed by atoms with van der Waals surface area (Å²) in [7, 11) is 0. The van der Waals surface area contributed by atoms with E-state index >= 15 is 0 Å². The standard InChI is InChI=1S/C60H43BN4O2/c1-60(2,3)50-35-41(39-63)34-49(59(50)65(46-21-12-6-13-22-46)47-23-14-7-15-24-47)43-29-31-52-57(37-43)67-55-26-16-25-54-58(55)61(52)51-30-28-42(36-56(51)66-54)48-33-40(38-62)27-32-53(48)64(44-17-8-4-9-18-44)45-19-10-5-11-20-45/h4-37H,1-3H3. The number of para-hydroxylation sites is 4.